The van der Waals surface area contributed by atoms with Crippen LogP contribution >= 0.6 is 0 Å². The van der Waals surface area contributed by atoms with Gasteiger partial charge in [-0.25, -0.2) is 9.78 Å². The molecule has 188 valence electrons. The van der Waals surface area contributed by atoms with E-state index in [1.165, 1.54) is 0 Å². The maximum Gasteiger partial charge on any atom is 0.328 e. The number of carboxylic acids is 1. The lowest BCUT2D eigenvalue weighted by Gasteiger charge is -2.30. The van der Waals surface area contributed by atoms with Crippen LogP contribution in [0.3, 0.4) is 0 Å². The summed E-state index contributed by atoms with van der Waals surface area (Å²) in [5.74, 6) is -0.430. The van der Waals surface area contributed by atoms with E-state index in [1.54, 1.807) is 18.4 Å². The van der Waals surface area contributed by atoms with Crippen molar-refractivity contribution in [2.45, 2.75) is 31.5 Å². The lowest BCUT2D eigenvalue weighted by Crippen LogP contribution is -2.47. The van der Waals surface area contributed by atoms with Crippen molar-refractivity contribution < 1.29 is 28.6 Å². The summed E-state index contributed by atoms with van der Waals surface area (Å²) in [5, 5.41) is 12.5. The van der Waals surface area contributed by atoms with Crippen LogP contribution < -0.4 is 10.1 Å². The van der Waals surface area contributed by atoms with E-state index in [1.807, 2.05) is 66.7 Å². The molecule has 0 fully saturated rings. The minimum Gasteiger partial charge on any atom is -0.493 e. The third-order valence-corrected chi connectivity index (χ3v) is 6.18. The van der Waals surface area contributed by atoms with Gasteiger partial charge in [0.15, 0.2) is 0 Å². The van der Waals surface area contributed by atoms with Gasteiger partial charge in [-0.15, -0.1) is 0 Å². The van der Waals surface area contributed by atoms with E-state index >= 15 is 0 Å². The predicted octanol–water partition coefficient (Wildman–Crippen LogP) is 4.35. The SMILES string of the molecule is O=C(OCc1ccccc1)C1N[C@H](C(=O)O)Cc2ccc(OCCc3coc(-c4ccccc4)n3)cc21. The molecule has 0 spiro atoms. The summed E-state index contributed by atoms with van der Waals surface area (Å²) in [7, 11) is 0. The van der Waals surface area contributed by atoms with Crippen LogP contribution in [0, 0.1) is 0 Å². The Balaban J connectivity index is 1.26. The average Bonchev–Trinajstić information content (AvgIpc) is 3.41. The van der Waals surface area contributed by atoms with Gasteiger partial charge >= 0.3 is 11.9 Å². The molecular weight excluding hydrogens is 472 g/mol. The van der Waals surface area contributed by atoms with Crippen LogP contribution in [0.4, 0.5) is 0 Å². The fourth-order valence-electron chi connectivity index (χ4n) is 4.26. The average molecular weight is 499 g/mol. The van der Waals surface area contributed by atoms with Crippen molar-refractivity contribution in [1.82, 2.24) is 10.3 Å². The third-order valence-electron chi connectivity index (χ3n) is 6.18. The maximum atomic E-state index is 13.0. The lowest BCUT2D eigenvalue weighted by atomic mass is 9.90. The Morgan fingerprint density at radius 2 is 1.78 bits per heavy atom. The number of esters is 1. The molecule has 2 N–H and O–H groups in total. The first-order valence-electron chi connectivity index (χ1n) is 12.0. The standard InChI is InChI=1S/C29H26N2O6/c32-28(33)25-15-21-11-12-23(35-14-13-22-18-36-27(30-22)20-9-5-2-6-10-20)16-24(21)26(31-25)29(34)37-17-19-7-3-1-4-8-19/h1-12,16,18,25-26,31H,13-15,17H2,(H,32,33)/t25-,26?/m0/s1. The molecule has 37 heavy (non-hydrogen) atoms. The maximum absolute atomic E-state index is 13.0. The first kappa shape index (κ1) is 24.3. The second-order valence-electron chi connectivity index (χ2n) is 8.76. The second kappa shape index (κ2) is 11.1. The highest BCUT2D eigenvalue weighted by atomic mass is 16.5. The highest BCUT2D eigenvalue weighted by Gasteiger charge is 2.35. The zero-order valence-corrected chi connectivity index (χ0v) is 20.0. The summed E-state index contributed by atoms with van der Waals surface area (Å²) in [6.45, 7) is 0.456. The Morgan fingerprint density at radius 3 is 2.54 bits per heavy atom. The van der Waals surface area contributed by atoms with Gasteiger partial charge in [-0.05, 0) is 47.4 Å². The fraction of sp³-hybridized carbons (Fsp3) is 0.207. The topological polar surface area (TPSA) is 111 Å². The third kappa shape index (κ3) is 5.87. The van der Waals surface area contributed by atoms with Crippen molar-refractivity contribution in [3.63, 3.8) is 0 Å². The van der Waals surface area contributed by atoms with Crippen molar-refractivity contribution in [3.05, 3.63) is 108 Å². The minimum absolute atomic E-state index is 0.101. The van der Waals surface area contributed by atoms with Crippen molar-refractivity contribution in [3.8, 4) is 17.2 Å². The number of aliphatic carboxylic acids is 1. The van der Waals surface area contributed by atoms with Gasteiger partial charge in [0.25, 0.3) is 0 Å². The number of nitrogens with one attached hydrogen (secondary N) is 1. The van der Waals surface area contributed by atoms with E-state index in [4.69, 9.17) is 13.9 Å². The minimum atomic E-state index is -1.02. The molecule has 0 saturated carbocycles. The summed E-state index contributed by atoms with van der Waals surface area (Å²) in [6, 6.07) is 22.5. The molecule has 1 unspecified atom stereocenters. The van der Waals surface area contributed by atoms with Crippen LogP contribution in [0.2, 0.25) is 0 Å². The molecule has 2 heterocycles. The number of ether oxygens (including phenoxy) is 2. The van der Waals surface area contributed by atoms with Crippen LogP contribution in [0.25, 0.3) is 11.5 Å². The van der Waals surface area contributed by atoms with E-state index < -0.39 is 24.0 Å². The van der Waals surface area contributed by atoms with Crippen LogP contribution in [-0.2, 0) is 33.8 Å². The number of nitrogens with zero attached hydrogens (tertiary/aromatic N) is 1. The van der Waals surface area contributed by atoms with E-state index in [0.29, 0.717) is 30.2 Å². The van der Waals surface area contributed by atoms with Crippen LogP contribution in [0.1, 0.15) is 28.4 Å². The van der Waals surface area contributed by atoms with Gasteiger partial charge in [-0.2, -0.15) is 0 Å². The molecule has 0 saturated heterocycles. The first-order chi connectivity index (χ1) is 18.1. The van der Waals surface area contributed by atoms with Crippen LogP contribution in [0.15, 0.2) is 89.5 Å². The Bertz CT molecular complexity index is 1370. The van der Waals surface area contributed by atoms with Gasteiger partial charge in [-0.3, -0.25) is 10.1 Å². The number of carbonyl (C=O) groups is 2. The lowest BCUT2D eigenvalue weighted by molar-refractivity contribution is -0.149. The quantitative estimate of drug-likeness (QED) is 0.328. The molecular formula is C29H26N2O6. The van der Waals surface area contributed by atoms with Gasteiger partial charge in [-0.1, -0.05) is 54.6 Å². The largest absolute Gasteiger partial charge is 0.493 e. The molecule has 4 aromatic rings. The van der Waals surface area contributed by atoms with Crippen molar-refractivity contribution in [1.29, 1.82) is 0 Å². The summed E-state index contributed by atoms with van der Waals surface area (Å²) in [5.41, 5.74) is 3.94. The first-order valence-corrected chi connectivity index (χ1v) is 12.0. The number of carbonyl (C=O) groups excluding carboxylic acids is 1. The van der Waals surface area contributed by atoms with Crippen molar-refractivity contribution in [2.24, 2.45) is 0 Å². The highest BCUT2D eigenvalue weighted by molar-refractivity contribution is 5.82. The smallest absolute Gasteiger partial charge is 0.328 e. The van der Waals surface area contributed by atoms with E-state index in [-0.39, 0.29) is 13.0 Å². The van der Waals surface area contributed by atoms with Gasteiger partial charge in [0.1, 0.15) is 30.7 Å². The summed E-state index contributed by atoms with van der Waals surface area (Å²) in [4.78, 5) is 29.2. The number of hydrogen-bond donors (Lipinski definition) is 2. The molecule has 8 heteroatoms. The zero-order valence-electron chi connectivity index (χ0n) is 20.0. The number of hydrogen-bond acceptors (Lipinski definition) is 7. The Kier molecular flexibility index (Phi) is 7.28. The fourth-order valence-corrected chi connectivity index (χ4v) is 4.26. The molecule has 5 rings (SSSR count). The molecule has 0 bridgehead atoms. The second-order valence-corrected chi connectivity index (χ2v) is 8.76. The van der Waals surface area contributed by atoms with Gasteiger partial charge in [0, 0.05) is 12.0 Å². The van der Waals surface area contributed by atoms with Crippen LogP contribution in [0.5, 0.6) is 5.75 Å². The van der Waals surface area contributed by atoms with Gasteiger partial charge in [0.2, 0.25) is 5.89 Å². The molecule has 1 aliphatic rings. The predicted molar refractivity (Wildman–Crippen MR) is 135 cm³/mol. The van der Waals surface area contributed by atoms with E-state index in [2.05, 4.69) is 10.3 Å². The number of benzene rings is 3. The van der Waals surface area contributed by atoms with Crippen LogP contribution in [-0.4, -0.2) is 34.7 Å². The number of rotatable bonds is 9. The summed E-state index contributed by atoms with van der Waals surface area (Å²) in [6.07, 6.45) is 2.41. The number of fused-ring (bicyclic) bond motifs is 1. The number of oxazole rings is 1. The molecule has 1 aromatic heterocycles. The van der Waals surface area contributed by atoms with Crippen molar-refractivity contribution in [2.75, 3.05) is 6.61 Å². The molecule has 3 aromatic carbocycles. The molecule has 0 aliphatic carbocycles. The molecule has 0 amide bonds. The van der Waals surface area contributed by atoms with Gasteiger partial charge < -0.3 is 19.0 Å². The monoisotopic (exact) mass is 498 g/mol. The Morgan fingerprint density at radius 1 is 1.03 bits per heavy atom. The summed E-state index contributed by atoms with van der Waals surface area (Å²) >= 11 is 0. The highest BCUT2D eigenvalue weighted by Crippen LogP contribution is 2.30. The Hall–Kier alpha value is -4.43. The molecule has 2 atom stereocenters. The van der Waals surface area contributed by atoms with E-state index in [0.717, 1.165) is 22.4 Å². The van der Waals surface area contributed by atoms with Gasteiger partial charge in [0.05, 0.1) is 12.3 Å². The zero-order chi connectivity index (χ0) is 25.6. The Labute approximate surface area is 213 Å². The molecule has 1 aliphatic heterocycles. The number of aromatic nitrogens is 1. The normalized spacial score (nSPS) is 16.5. The number of carboxylic acid groups (broad SMARTS) is 1. The van der Waals surface area contributed by atoms with Crippen molar-refractivity contribution >= 4 is 11.9 Å². The molecule has 8 nitrogen and oxygen atoms in total. The molecule has 0 radical (unpaired) electrons. The van der Waals surface area contributed by atoms with E-state index in [9.17, 15) is 14.7 Å². The summed E-state index contributed by atoms with van der Waals surface area (Å²) < 4.78 is 17.0.